The van der Waals surface area contributed by atoms with Gasteiger partial charge in [0.1, 0.15) is 5.78 Å². The average molecular weight is 299 g/mol. The van der Waals surface area contributed by atoms with Crippen LogP contribution in [0.1, 0.15) is 45.6 Å². The van der Waals surface area contributed by atoms with Crippen LogP contribution < -0.4 is 5.32 Å². The highest BCUT2D eigenvalue weighted by molar-refractivity contribution is 5.99. The number of Topliss-reactive ketones (excluding diaryl/α,β-unsaturated/α-hetero) is 1. The van der Waals surface area contributed by atoms with E-state index in [4.69, 9.17) is 0 Å². The van der Waals surface area contributed by atoms with Gasteiger partial charge in [0.25, 0.3) is 0 Å². The van der Waals surface area contributed by atoms with Crippen molar-refractivity contribution >= 4 is 11.7 Å². The molecular formula is C19H25NO2. The van der Waals surface area contributed by atoms with Crippen molar-refractivity contribution in [1.29, 1.82) is 0 Å². The van der Waals surface area contributed by atoms with Gasteiger partial charge >= 0.3 is 0 Å². The van der Waals surface area contributed by atoms with E-state index in [9.17, 15) is 9.59 Å². The van der Waals surface area contributed by atoms with Crippen molar-refractivity contribution in [2.24, 2.45) is 16.2 Å². The van der Waals surface area contributed by atoms with Crippen LogP contribution in [0.25, 0.3) is 0 Å². The molecular weight excluding hydrogens is 274 g/mol. The predicted molar refractivity (Wildman–Crippen MR) is 86.3 cm³/mol. The molecule has 2 fully saturated rings. The van der Waals surface area contributed by atoms with Gasteiger partial charge in [0.05, 0.1) is 5.41 Å². The van der Waals surface area contributed by atoms with E-state index >= 15 is 0 Å². The van der Waals surface area contributed by atoms with Crippen LogP contribution in [0.2, 0.25) is 0 Å². The molecule has 0 saturated heterocycles. The molecule has 2 bridgehead atoms. The molecule has 1 aromatic carbocycles. The quantitative estimate of drug-likeness (QED) is 0.928. The third-order valence-corrected chi connectivity index (χ3v) is 6.68. The van der Waals surface area contributed by atoms with Gasteiger partial charge < -0.3 is 5.32 Å². The Bertz CT molecular complexity index is 607. The number of rotatable bonds is 4. The first-order valence-electron chi connectivity index (χ1n) is 8.19. The van der Waals surface area contributed by atoms with Crippen molar-refractivity contribution in [2.75, 3.05) is 6.54 Å². The molecule has 2 aliphatic rings. The molecule has 2 saturated carbocycles. The number of hydrogen-bond acceptors (Lipinski definition) is 2. The third-order valence-electron chi connectivity index (χ3n) is 6.68. The fraction of sp³-hybridized carbons (Fsp3) is 0.579. The van der Waals surface area contributed by atoms with Crippen LogP contribution in [-0.2, 0) is 16.0 Å². The van der Waals surface area contributed by atoms with Crippen LogP contribution in [0.3, 0.4) is 0 Å². The Balaban J connectivity index is 1.69. The summed E-state index contributed by atoms with van der Waals surface area (Å²) in [6.07, 6.45) is 2.91. The number of carbonyl (C=O) groups is 2. The average Bonchev–Trinajstić information content (AvgIpc) is 2.78. The lowest BCUT2D eigenvalue weighted by molar-refractivity contribution is -0.136. The van der Waals surface area contributed by atoms with Crippen LogP contribution in [0.4, 0.5) is 0 Å². The molecule has 22 heavy (non-hydrogen) atoms. The zero-order chi connectivity index (χ0) is 16.0. The first kappa shape index (κ1) is 15.3. The maximum absolute atomic E-state index is 12.9. The normalized spacial score (nSPS) is 32.2. The second-order valence-corrected chi connectivity index (χ2v) is 7.63. The molecule has 0 radical (unpaired) electrons. The summed E-state index contributed by atoms with van der Waals surface area (Å²) in [7, 11) is 0. The van der Waals surface area contributed by atoms with Gasteiger partial charge in [-0.05, 0) is 30.2 Å². The van der Waals surface area contributed by atoms with E-state index < -0.39 is 5.41 Å². The second-order valence-electron chi connectivity index (χ2n) is 7.63. The van der Waals surface area contributed by atoms with Gasteiger partial charge in [-0.3, -0.25) is 9.59 Å². The summed E-state index contributed by atoms with van der Waals surface area (Å²) in [5.41, 5.74) is 0.131. The van der Waals surface area contributed by atoms with E-state index in [0.717, 1.165) is 19.3 Å². The summed E-state index contributed by atoms with van der Waals surface area (Å²) >= 11 is 0. The number of fused-ring (bicyclic) bond motifs is 2. The monoisotopic (exact) mass is 299 g/mol. The van der Waals surface area contributed by atoms with Gasteiger partial charge in [-0.25, -0.2) is 0 Å². The zero-order valence-electron chi connectivity index (χ0n) is 13.7. The molecule has 0 aromatic heterocycles. The molecule has 2 aliphatic carbocycles. The number of hydrogen-bond donors (Lipinski definition) is 1. The molecule has 1 aromatic rings. The molecule has 0 spiro atoms. The predicted octanol–water partition coefficient (Wildman–Crippen LogP) is 3.13. The Labute approximate surface area is 132 Å². The number of ketones is 1. The number of nitrogens with one attached hydrogen (secondary N) is 1. The lowest BCUT2D eigenvalue weighted by atomic mass is 9.64. The minimum atomic E-state index is -0.504. The van der Waals surface area contributed by atoms with Crippen molar-refractivity contribution in [2.45, 2.75) is 46.5 Å². The van der Waals surface area contributed by atoms with E-state index in [1.807, 2.05) is 25.1 Å². The molecule has 0 aliphatic heterocycles. The maximum Gasteiger partial charge on any atom is 0.227 e. The largest absolute Gasteiger partial charge is 0.355 e. The SMILES string of the molecule is CC1(C)[C@]2(C(=O)NCCc3ccccc3)CC[C@]1(C)C(=O)C2. The summed E-state index contributed by atoms with van der Waals surface area (Å²) < 4.78 is 0. The van der Waals surface area contributed by atoms with Crippen molar-refractivity contribution in [3.63, 3.8) is 0 Å². The van der Waals surface area contributed by atoms with Gasteiger partial charge in [0, 0.05) is 18.4 Å². The highest BCUT2D eigenvalue weighted by Gasteiger charge is 2.72. The fourth-order valence-electron chi connectivity index (χ4n) is 4.49. The van der Waals surface area contributed by atoms with Gasteiger partial charge in [-0.15, -0.1) is 0 Å². The van der Waals surface area contributed by atoms with E-state index in [-0.39, 0.29) is 22.5 Å². The highest BCUT2D eigenvalue weighted by Crippen LogP contribution is 2.70. The van der Waals surface area contributed by atoms with Crippen LogP contribution >= 0.6 is 0 Å². The van der Waals surface area contributed by atoms with Crippen molar-refractivity contribution in [3.8, 4) is 0 Å². The van der Waals surface area contributed by atoms with Crippen LogP contribution in [-0.4, -0.2) is 18.2 Å². The second kappa shape index (κ2) is 4.94. The van der Waals surface area contributed by atoms with Crippen LogP contribution in [0, 0.1) is 16.2 Å². The summed E-state index contributed by atoms with van der Waals surface area (Å²) in [5, 5.41) is 3.09. The minimum Gasteiger partial charge on any atom is -0.355 e. The van der Waals surface area contributed by atoms with E-state index in [2.05, 4.69) is 31.3 Å². The summed E-state index contributed by atoms with van der Waals surface area (Å²) in [6.45, 7) is 6.87. The van der Waals surface area contributed by atoms with Gasteiger partial charge in [0.2, 0.25) is 5.91 Å². The molecule has 3 heteroatoms. The van der Waals surface area contributed by atoms with Crippen molar-refractivity contribution < 1.29 is 9.59 Å². The number of benzene rings is 1. The van der Waals surface area contributed by atoms with E-state index in [0.29, 0.717) is 13.0 Å². The van der Waals surface area contributed by atoms with Gasteiger partial charge in [-0.1, -0.05) is 51.1 Å². The topological polar surface area (TPSA) is 46.2 Å². The Morgan fingerprint density at radius 1 is 1.14 bits per heavy atom. The molecule has 0 unspecified atom stereocenters. The first-order chi connectivity index (χ1) is 10.3. The van der Waals surface area contributed by atoms with E-state index in [1.165, 1.54) is 5.56 Å². The lowest BCUT2D eigenvalue weighted by Crippen LogP contribution is -2.47. The smallest absolute Gasteiger partial charge is 0.227 e. The molecule has 118 valence electrons. The molecule has 1 N–H and O–H groups in total. The molecule has 0 heterocycles. The molecule has 1 amide bonds. The van der Waals surface area contributed by atoms with Gasteiger partial charge in [-0.2, -0.15) is 0 Å². The maximum atomic E-state index is 12.9. The Morgan fingerprint density at radius 3 is 2.36 bits per heavy atom. The third kappa shape index (κ3) is 1.87. The standard InChI is InChI=1S/C19H25NO2/c1-17(2)18(3)10-11-19(17,13-15(18)21)16(22)20-12-9-14-7-5-4-6-8-14/h4-8H,9-13H2,1-3H3,(H,20,22)/t18-,19-/m1/s1. The summed E-state index contributed by atoms with van der Waals surface area (Å²) in [6, 6.07) is 10.2. The Hall–Kier alpha value is -1.64. The number of amides is 1. The molecule has 3 rings (SSSR count). The van der Waals surface area contributed by atoms with Crippen molar-refractivity contribution in [1.82, 2.24) is 5.32 Å². The van der Waals surface area contributed by atoms with Crippen LogP contribution in [0.15, 0.2) is 30.3 Å². The first-order valence-corrected chi connectivity index (χ1v) is 8.19. The lowest BCUT2D eigenvalue weighted by Gasteiger charge is -2.38. The van der Waals surface area contributed by atoms with Gasteiger partial charge in [0.15, 0.2) is 0 Å². The minimum absolute atomic E-state index is 0.0722. The molecule has 2 atom stereocenters. The fourth-order valence-corrected chi connectivity index (χ4v) is 4.49. The zero-order valence-corrected chi connectivity index (χ0v) is 13.7. The summed E-state index contributed by atoms with van der Waals surface area (Å²) in [5.74, 6) is 0.338. The Morgan fingerprint density at radius 2 is 1.82 bits per heavy atom. The van der Waals surface area contributed by atoms with Crippen LogP contribution in [0.5, 0.6) is 0 Å². The summed E-state index contributed by atoms with van der Waals surface area (Å²) in [4.78, 5) is 25.3. The highest BCUT2D eigenvalue weighted by atomic mass is 16.2. The molecule has 3 nitrogen and oxygen atoms in total. The Kier molecular flexibility index (Phi) is 3.42. The van der Waals surface area contributed by atoms with Crippen molar-refractivity contribution in [3.05, 3.63) is 35.9 Å². The van der Waals surface area contributed by atoms with E-state index in [1.54, 1.807) is 0 Å². The number of carbonyl (C=O) groups excluding carboxylic acids is 2.